The number of nitrogens with one attached hydrogen (secondary N) is 1. The summed E-state index contributed by atoms with van der Waals surface area (Å²) in [6.07, 6.45) is 2.33. The molecule has 156 valence electrons. The number of rotatable bonds is 8. The van der Waals surface area contributed by atoms with E-state index in [4.69, 9.17) is 11.6 Å². The van der Waals surface area contributed by atoms with Gasteiger partial charge in [0.1, 0.15) is 11.0 Å². The van der Waals surface area contributed by atoms with Gasteiger partial charge in [0.05, 0.1) is 5.75 Å². The lowest BCUT2D eigenvalue weighted by atomic mass is 10.1. The normalized spacial score (nSPS) is 18.1. The van der Waals surface area contributed by atoms with Crippen LogP contribution in [0.1, 0.15) is 47.0 Å². The van der Waals surface area contributed by atoms with Crippen LogP contribution in [0.25, 0.3) is 0 Å². The molecule has 1 fully saturated rings. The van der Waals surface area contributed by atoms with E-state index in [1.54, 1.807) is 6.07 Å². The first-order chi connectivity index (χ1) is 13.3. The summed E-state index contributed by atoms with van der Waals surface area (Å²) in [5.41, 5.74) is 0. The molecular formula is C19H30ClN5O2S. The van der Waals surface area contributed by atoms with E-state index < -0.39 is 0 Å². The Balaban J connectivity index is 1.99. The second-order valence-electron chi connectivity index (χ2n) is 7.13. The van der Waals surface area contributed by atoms with Crippen molar-refractivity contribution in [1.82, 2.24) is 20.2 Å². The zero-order valence-corrected chi connectivity index (χ0v) is 18.6. The van der Waals surface area contributed by atoms with Crippen molar-refractivity contribution in [3.05, 3.63) is 11.2 Å². The first-order valence-electron chi connectivity index (χ1n) is 9.85. The van der Waals surface area contributed by atoms with Crippen LogP contribution in [0.5, 0.6) is 0 Å². The van der Waals surface area contributed by atoms with Crippen molar-refractivity contribution < 1.29 is 9.59 Å². The zero-order valence-electron chi connectivity index (χ0n) is 17.1. The molecule has 9 heteroatoms. The van der Waals surface area contributed by atoms with E-state index in [0.29, 0.717) is 36.4 Å². The van der Waals surface area contributed by atoms with Gasteiger partial charge in [-0.15, -0.1) is 0 Å². The third-order valence-corrected chi connectivity index (χ3v) is 5.79. The van der Waals surface area contributed by atoms with E-state index >= 15 is 0 Å². The number of halogens is 1. The number of hydrogen-bond donors (Lipinski definition) is 1. The van der Waals surface area contributed by atoms with Gasteiger partial charge in [-0.25, -0.2) is 9.97 Å². The summed E-state index contributed by atoms with van der Waals surface area (Å²) in [7, 11) is 0. The van der Waals surface area contributed by atoms with Crippen LogP contribution in [-0.4, -0.2) is 64.2 Å². The number of nitrogens with zero attached hydrogens (tertiary/aromatic N) is 4. The monoisotopic (exact) mass is 427 g/mol. The Labute approximate surface area is 176 Å². The highest BCUT2D eigenvalue weighted by atomic mass is 35.5. The molecule has 28 heavy (non-hydrogen) atoms. The molecule has 2 atom stereocenters. The molecule has 1 N–H and O–H groups in total. The van der Waals surface area contributed by atoms with Gasteiger partial charge in [0.15, 0.2) is 5.16 Å². The van der Waals surface area contributed by atoms with Gasteiger partial charge in [-0.1, -0.05) is 37.2 Å². The minimum Gasteiger partial charge on any atom is -0.353 e. The maximum Gasteiger partial charge on any atom is 0.230 e. The maximum atomic E-state index is 12.2. The van der Waals surface area contributed by atoms with Crippen LogP contribution in [0.2, 0.25) is 5.15 Å². The molecular weight excluding hydrogens is 398 g/mol. The van der Waals surface area contributed by atoms with Crippen molar-refractivity contribution in [3.8, 4) is 0 Å². The summed E-state index contributed by atoms with van der Waals surface area (Å²) in [6, 6.07) is 2.00. The fraction of sp³-hybridized carbons (Fsp3) is 0.684. The van der Waals surface area contributed by atoms with Gasteiger partial charge in [0.25, 0.3) is 0 Å². The second-order valence-corrected chi connectivity index (χ2v) is 8.46. The lowest BCUT2D eigenvalue weighted by molar-refractivity contribution is -0.133. The number of amides is 2. The van der Waals surface area contributed by atoms with Gasteiger partial charge in [0.2, 0.25) is 11.8 Å². The van der Waals surface area contributed by atoms with Crippen molar-refractivity contribution in [2.45, 2.75) is 64.2 Å². The Morgan fingerprint density at radius 2 is 2.11 bits per heavy atom. The number of aromatic nitrogens is 2. The third-order valence-electron chi connectivity index (χ3n) is 4.75. The molecule has 0 bridgehead atoms. The van der Waals surface area contributed by atoms with Crippen molar-refractivity contribution >= 4 is 41.0 Å². The van der Waals surface area contributed by atoms with Crippen LogP contribution < -0.4 is 10.2 Å². The molecule has 0 aliphatic carbocycles. The summed E-state index contributed by atoms with van der Waals surface area (Å²) >= 11 is 7.47. The number of hydrogen-bond acceptors (Lipinski definition) is 6. The number of carbonyl (C=O) groups is 2. The lowest BCUT2D eigenvalue weighted by Crippen LogP contribution is -2.54. The van der Waals surface area contributed by atoms with E-state index in [-0.39, 0.29) is 29.7 Å². The van der Waals surface area contributed by atoms with Crippen molar-refractivity contribution in [2.75, 3.05) is 30.3 Å². The molecule has 0 radical (unpaired) electrons. The number of piperazine rings is 1. The van der Waals surface area contributed by atoms with Crippen LogP contribution >= 0.6 is 23.4 Å². The van der Waals surface area contributed by atoms with E-state index in [1.807, 2.05) is 25.7 Å². The predicted molar refractivity (Wildman–Crippen MR) is 114 cm³/mol. The summed E-state index contributed by atoms with van der Waals surface area (Å²) in [5, 5.41) is 3.77. The minimum atomic E-state index is -0.0406. The molecule has 1 aliphatic rings. The molecule has 2 amide bonds. The molecule has 0 saturated carbocycles. The van der Waals surface area contributed by atoms with Crippen LogP contribution in [0.3, 0.4) is 0 Å². The fourth-order valence-electron chi connectivity index (χ4n) is 3.05. The van der Waals surface area contributed by atoms with E-state index in [2.05, 4.69) is 27.1 Å². The van der Waals surface area contributed by atoms with Gasteiger partial charge in [-0.2, -0.15) is 0 Å². The maximum absolute atomic E-state index is 12.2. The largest absolute Gasteiger partial charge is 0.353 e. The van der Waals surface area contributed by atoms with Gasteiger partial charge < -0.3 is 15.1 Å². The van der Waals surface area contributed by atoms with Gasteiger partial charge in [-0.05, 0) is 26.7 Å². The third kappa shape index (κ3) is 6.51. The number of anilines is 1. The first kappa shape index (κ1) is 22.7. The van der Waals surface area contributed by atoms with E-state index in [9.17, 15) is 9.59 Å². The molecule has 0 aromatic carbocycles. The summed E-state index contributed by atoms with van der Waals surface area (Å²) < 4.78 is 0. The molecule has 0 unspecified atom stereocenters. The smallest absolute Gasteiger partial charge is 0.230 e. The highest BCUT2D eigenvalue weighted by Crippen LogP contribution is 2.24. The highest BCUT2D eigenvalue weighted by molar-refractivity contribution is 7.99. The standard InChI is InChI=1S/C19H30ClN5O2S/c1-5-7-18(27)25-9-8-24(11-14(25)4)16-10-15(20)22-19(23-16)28-12-17(26)21-13(3)6-2/h10,13-14H,5-9,11-12H2,1-4H3,(H,21,26)/t13-,14-/m0/s1. The molecule has 2 heterocycles. The Morgan fingerprint density at radius 3 is 2.75 bits per heavy atom. The van der Waals surface area contributed by atoms with Gasteiger partial charge in [-0.3, -0.25) is 9.59 Å². The quantitative estimate of drug-likeness (QED) is 0.390. The highest BCUT2D eigenvalue weighted by Gasteiger charge is 2.28. The number of thioether (sulfide) groups is 1. The average molecular weight is 428 g/mol. The molecule has 2 rings (SSSR count). The minimum absolute atomic E-state index is 0.0406. The Kier molecular flexibility index (Phi) is 8.82. The molecule has 0 spiro atoms. The van der Waals surface area contributed by atoms with Crippen LogP contribution in [-0.2, 0) is 9.59 Å². The van der Waals surface area contributed by atoms with Crippen molar-refractivity contribution in [2.24, 2.45) is 0 Å². The van der Waals surface area contributed by atoms with Gasteiger partial charge >= 0.3 is 0 Å². The van der Waals surface area contributed by atoms with Crippen LogP contribution in [0.15, 0.2) is 11.2 Å². The summed E-state index contributed by atoms with van der Waals surface area (Å²) in [4.78, 5) is 37.1. The SMILES string of the molecule is CCCC(=O)N1CCN(c2cc(Cl)nc(SCC(=O)N[C@@H](C)CC)n2)C[C@@H]1C. The van der Waals surface area contributed by atoms with Crippen LogP contribution in [0.4, 0.5) is 5.82 Å². The number of carbonyl (C=O) groups excluding carboxylic acids is 2. The predicted octanol–water partition coefficient (Wildman–Crippen LogP) is 2.97. The summed E-state index contributed by atoms with van der Waals surface area (Å²) in [5.74, 6) is 1.15. The first-order valence-corrected chi connectivity index (χ1v) is 11.2. The molecule has 7 nitrogen and oxygen atoms in total. The Morgan fingerprint density at radius 1 is 1.36 bits per heavy atom. The molecule has 1 aromatic heterocycles. The lowest BCUT2D eigenvalue weighted by Gasteiger charge is -2.40. The van der Waals surface area contributed by atoms with E-state index in [0.717, 1.165) is 18.7 Å². The molecule has 1 saturated heterocycles. The average Bonchev–Trinajstić information content (AvgIpc) is 2.65. The van der Waals surface area contributed by atoms with Crippen molar-refractivity contribution in [1.29, 1.82) is 0 Å². The molecule has 1 aliphatic heterocycles. The summed E-state index contributed by atoms with van der Waals surface area (Å²) in [6.45, 7) is 10.1. The Hall–Kier alpha value is -1.54. The van der Waals surface area contributed by atoms with Gasteiger partial charge in [0, 0.05) is 44.2 Å². The zero-order chi connectivity index (χ0) is 20.7. The molecule has 1 aromatic rings. The Bertz CT molecular complexity index is 690. The van der Waals surface area contributed by atoms with E-state index in [1.165, 1.54) is 11.8 Å². The van der Waals surface area contributed by atoms with Crippen molar-refractivity contribution in [3.63, 3.8) is 0 Å². The topological polar surface area (TPSA) is 78.4 Å². The second kappa shape index (κ2) is 10.9. The fourth-order valence-corrected chi connectivity index (χ4v) is 3.95. The van der Waals surface area contributed by atoms with Crippen LogP contribution in [0, 0.1) is 0 Å².